The molecule has 1 N–H and O–H groups in total. The highest BCUT2D eigenvalue weighted by Crippen LogP contribution is 2.30. The summed E-state index contributed by atoms with van der Waals surface area (Å²) in [6.07, 6.45) is 1.71. The number of hydrogen-bond donors (Lipinski definition) is 1. The molecule has 3 aromatic carbocycles. The standard InChI is InChI=1S/C29H24N4O3/c1-2-33-28(34)27(31-24-17-9-16-23-22(24)15-10-18-30-23)25(26(32-33)21-13-7-4-8-14-21)29(35)36-19-20-11-5-3-6-12-20/h3-18,31H,2,19H2,1H3. The molecular weight excluding hydrogens is 452 g/mol. The number of fused-ring (bicyclic) bond motifs is 1. The first-order chi connectivity index (χ1) is 17.7. The van der Waals surface area contributed by atoms with Crippen LogP contribution in [0.2, 0.25) is 0 Å². The number of hydrogen-bond acceptors (Lipinski definition) is 6. The van der Waals surface area contributed by atoms with Gasteiger partial charge in [-0.3, -0.25) is 9.78 Å². The van der Waals surface area contributed by atoms with Crippen LogP contribution in [0.15, 0.2) is 102 Å². The smallest absolute Gasteiger partial charge is 0.343 e. The van der Waals surface area contributed by atoms with Gasteiger partial charge in [0.15, 0.2) is 0 Å². The Labute approximate surface area is 208 Å². The second kappa shape index (κ2) is 10.2. The van der Waals surface area contributed by atoms with Crippen LogP contribution in [0.25, 0.3) is 22.2 Å². The van der Waals surface area contributed by atoms with Gasteiger partial charge in [-0.2, -0.15) is 5.10 Å². The molecule has 7 heteroatoms. The number of nitrogens with one attached hydrogen (secondary N) is 1. The van der Waals surface area contributed by atoms with Crippen molar-refractivity contribution >= 4 is 28.2 Å². The highest BCUT2D eigenvalue weighted by atomic mass is 16.5. The zero-order valence-corrected chi connectivity index (χ0v) is 19.7. The van der Waals surface area contributed by atoms with Gasteiger partial charge in [0.05, 0.1) is 5.52 Å². The van der Waals surface area contributed by atoms with Gasteiger partial charge < -0.3 is 10.1 Å². The Kier molecular flexibility index (Phi) is 6.53. The third-order valence-corrected chi connectivity index (χ3v) is 5.82. The van der Waals surface area contributed by atoms with Crippen LogP contribution in [-0.2, 0) is 17.9 Å². The van der Waals surface area contributed by atoms with E-state index in [0.717, 1.165) is 16.5 Å². The summed E-state index contributed by atoms with van der Waals surface area (Å²) in [5.74, 6) is -0.633. The number of esters is 1. The molecule has 0 spiro atoms. The second-order valence-corrected chi connectivity index (χ2v) is 8.15. The van der Waals surface area contributed by atoms with E-state index in [1.54, 1.807) is 6.20 Å². The summed E-state index contributed by atoms with van der Waals surface area (Å²) < 4.78 is 7.04. The van der Waals surface area contributed by atoms with E-state index in [0.29, 0.717) is 23.5 Å². The van der Waals surface area contributed by atoms with Crippen LogP contribution in [-0.4, -0.2) is 20.7 Å². The van der Waals surface area contributed by atoms with Crippen LogP contribution >= 0.6 is 0 Å². The normalized spacial score (nSPS) is 10.8. The van der Waals surface area contributed by atoms with Gasteiger partial charge in [0.2, 0.25) is 0 Å². The average molecular weight is 477 g/mol. The van der Waals surface area contributed by atoms with Crippen molar-refractivity contribution in [3.63, 3.8) is 0 Å². The Balaban J connectivity index is 1.67. The SMILES string of the molecule is CCn1nc(-c2ccccc2)c(C(=O)OCc2ccccc2)c(Nc2cccc3ncccc23)c1=O. The molecule has 2 heterocycles. The number of pyridine rings is 1. The number of nitrogens with zero attached hydrogens (tertiary/aromatic N) is 3. The number of rotatable bonds is 7. The number of benzene rings is 3. The minimum absolute atomic E-state index is 0.0718. The fourth-order valence-corrected chi connectivity index (χ4v) is 4.04. The molecule has 0 atom stereocenters. The molecule has 0 aliphatic rings. The third-order valence-electron chi connectivity index (χ3n) is 5.82. The Morgan fingerprint density at radius 1 is 0.917 bits per heavy atom. The predicted octanol–water partition coefficient (Wildman–Crippen LogP) is 5.58. The molecule has 0 unspecified atom stereocenters. The number of aryl methyl sites for hydroxylation is 1. The first kappa shape index (κ1) is 23.0. The minimum Gasteiger partial charge on any atom is -0.457 e. The third kappa shape index (κ3) is 4.59. The number of anilines is 2. The van der Waals surface area contributed by atoms with E-state index in [1.807, 2.05) is 97.9 Å². The van der Waals surface area contributed by atoms with Crippen LogP contribution in [0.1, 0.15) is 22.8 Å². The topological polar surface area (TPSA) is 86.1 Å². The van der Waals surface area contributed by atoms with Gasteiger partial charge in [-0.15, -0.1) is 0 Å². The van der Waals surface area contributed by atoms with Crippen molar-refractivity contribution < 1.29 is 9.53 Å². The summed E-state index contributed by atoms with van der Waals surface area (Å²) in [5.41, 5.74) is 3.13. The number of carbonyl (C=O) groups is 1. The summed E-state index contributed by atoms with van der Waals surface area (Å²) in [5, 5.41) is 8.61. The van der Waals surface area contributed by atoms with E-state index in [9.17, 15) is 9.59 Å². The zero-order valence-electron chi connectivity index (χ0n) is 19.7. The van der Waals surface area contributed by atoms with Crippen molar-refractivity contribution in [1.82, 2.24) is 14.8 Å². The Hall–Kier alpha value is -4.78. The molecule has 2 aromatic heterocycles. The van der Waals surface area contributed by atoms with Crippen LogP contribution in [0.4, 0.5) is 11.4 Å². The van der Waals surface area contributed by atoms with Crippen LogP contribution in [0, 0.1) is 0 Å². The predicted molar refractivity (Wildman–Crippen MR) is 140 cm³/mol. The number of carbonyl (C=O) groups excluding carboxylic acids is 1. The first-order valence-corrected chi connectivity index (χ1v) is 11.7. The Bertz CT molecular complexity index is 1580. The van der Waals surface area contributed by atoms with Crippen LogP contribution < -0.4 is 10.9 Å². The van der Waals surface area contributed by atoms with Crippen molar-refractivity contribution in [2.45, 2.75) is 20.1 Å². The maximum absolute atomic E-state index is 13.6. The molecule has 5 aromatic rings. The quantitative estimate of drug-likeness (QED) is 0.309. The first-order valence-electron chi connectivity index (χ1n) is 11.7. The van der Waals surface area contributed by atoms with Gasteiger partial charge in [0, 0.05) is 29.4 Å². The molecule has 7 nitrogen and oxygen atoms in total. The molecule has 0 saturated heterocycles. The molecule has 0 aliphatic heterocycles. The molecule has 0 amide bonds. The lowest BCUT2D eigenvalue weighted by atomic mass is 10.0. The van der Waals surface area contributed by atoms with Gasteiger partial charge >= 0.3 is 5.97 Å². The second-order valence-electron chi connectivity index (χ2n) is 8.15. The van der Waals surface area contributed by atoms with E-state index in [1.165, 1.54) is 4.68 Å². The van der Waals surface area contributed by atoms with E-state index in [4.69, 9.17) is 4.74 Å². The monoisotopic (exact) mass is 476 g/mol. The summed E-state index contributed by atoms with van der Waals surface area (Å²) in [4.78, 5) is 31.5. The molecule has 178 valence electrons. The van der Waals surface area contributed by atoms with Crippen molar-refractivity contribution in [3.8, 4) is 11.3 Å². The van der Waals surface area contributed by atoms with Gasteiger partial charge in [-0.1, -0.05) is 66.7 Å². The van der Waals surface area contributed by atoms with Crippen molar-refractivity contribution in [1.29, 1.82) is 0 Å². The highest BCUT2D eigenvalue weighted by molar-refractivity contribution is 6.03. The fourth-order valence-electron chi connectivity index (χ4n) is 4.04. The van der Waals surface area contributed by atoms with E-state index < -0.39 is 11.5 Å². The lowest BCUT2D eigenvalue weighted by molar-refractivity contribution is 0.0474. The van der Waals surface area contributed by atoms with Gasteiger partial charge in [0.25, 0.3) is 5.56 Å². The van der Waals surface area contributed by atoms with E-state index in [2.05, 4.69) is 15.4 Å². The lowest BCUT2D eigenvalue weighted by Crippen LogP contribution is -2.29. The highest BCUT2D eigenvalue weighted by Gasteiger charge is 2.26. The number of ether oxygens (including phenoxy) is 1. The molecule has 0 bridgehead atoms. The molecule has 0 fully saturated rings. The fraction of sp³-hybridized carbons (Fsp3) is 0.103. The zero-order chi connectivity index (χ0) is 24.9. The Morgan fingerprint density at radius 2 is 1.67 bits per heavy atom. The molecule has 0 radical (unpaired) electrons. The molecular formula is C29H24N4O3. The van der Waals surface area contributed by atoms with Crippen molar-refractivity contribution in [3.05, 3.63) is 119 Å². The van der Waals surface area contributed by atoms with Gasteiger partial charge in [-0.25, -0.2) is 9.48 Å². The summed E-state index contributed by atoms with van der Waals surface area (Å²) >= 11 is 0. The van der Waals surface area contributed by atoms with Crippen LogP contribution in [0.3, 0.4) is 0 Å². The summed E-state index contributed by atoms with van der Waals surface area (Å²) in [6, 6.07) is 28.1. The minimum atomic E-state index is -0.633. The van der Waals surface area contributed by atoms with Gasteiger partial charge in [0.1, 0.15) is 23.6 Å². The maximum atomic E-state index is 13.6. The Morgan fingerprint density at radius 3 is 2.42 bits per heavy atom. The molecule has 36 heavy (non-hydrogen) atoms. The number of aromatic nitrogens is 3. The summed E-state index contributed by atoms with van der Waals surface area (Å²) in [7, 11) is 0. The molecule has 5 rings (SSSR count). The largest absolute Gasteiger partial charge is 0.457 e. The maximum Gasteiger partial charge on any atom is 0.343 e. The van der Waals surface area contributed by atoms with Crippen molar-refractivity contribution in [2.24, 2.45) is 0 Å². The van der Waals surface area contributed by atoms with E-state index >= 15 is 0 Å². The summed E-state index contributed by atoms with van der Waals surface area (Å²) in [6.45, 7) is 2.24. The van der Waals surface area contributed by atoms with Gasteiger partial charge in [-0.05, 0) is 36.8 Å². The molecule has 0 saturated carbocycles. The van der Waals surface area contributed by atoms with Crippen molar-refractivity contribution in [2.75, 3.05) is 5.32 Å². The molecule has 0 aliphatic carbocycles. The van der Waals surface area contributed by atoms with E-state index in [-0.39, 0.29) is 17.9 Å². The average Bonchev–Trinajstić information content (AvgIpc) is 2.94. The lowest BCUT2D eigenvalue weighted by Gasteiger charge is -2.18. The van der Waals surface area contributed by atoms with Crippen LogP contribution in [0.5, 0.6) is 0 Å².